The first kappa shape index (κ1) is 13.5. The van der Waals surface area contributed by atoms with Crippen molar-refractivity contribution < 1.29 is 19.4 Å². The van der Waals surface area contributed by atoms with Crippen molar-refractivity contribution in [3.8, 4) is 0 Å². The van der Waals surface area contributed by atoms with Gasteiger partial charge in [0.2, 0.25) is 0 Å². The lowest BCUT2D eigenvalue weighted by atomic mass is 10.0. The van der Waals surface area contributed by atoms with Crippen LogP contribution in [0.15, 0.2) is 12.2 Å². The molecule has 0 bridgehead atoms. The van der Waals surface area contributed by atoms with Gasteiger partial charge in [0, 0.05) is 0 Å². The van der Waals surface area contributed by atoms with Crippen LogP contribution in [0.2, 0.25) is 0 Å². The van der Waals surface area contributed by atoms with Crippen LogP contribution in [0.4, 0.5) is 4.79 Å². The van der Waals surface area contributed by atoms with E-state index in [0.717, 1.165) is 0 Å². The summed E-state index contributed by atoms with van der Waals surface area (Å²) in [6, 6.07) is -0.130. The van der Waals surface area contributed by atoms with Crippen LogP contribution in [-0.2, 0) is 9.53 Å². The van der Waals surface area contributed by atoms with E-state index >= 15 is 0 Å². The minimum absolute atomic E-state index is 0.00700. The molecule has 17 heavy (non-hydrogen) atoms. The molecule has 0 fully saturated rings. The minimum atomic E-state index is -0.822. The molecule has 2 N–H and O–H groups in total. The van der Waals surface area contributed by atoms with E-state index in [-0.39, 0.29) is 18.4 Å². The van der Waals surface area contributed by atoms with Crippen LogP contribution in [0.1, 0.15) is 33.6 Å². The number of aliphatic carboxylic acids is 1. The van der Waals surface area contributed by atoms with Crippen molar-refractivity contribution in [1.29, 1.82) is 0 Å². The van der Waals surface area contributed by atoms with Crippen molar-refractivity contribution in [2.75, 3.05) is 0 Å². The Kier molecular flexibility index (Phi) is 4.15. The van der Waals surface area contributed by atoms with Crippen molar-refractivity contribution in [3.05, 3.63) is 12.2 Å². The van der Waals surface area contributed by atoms with Crippen LogP contribution in [0.5, 0.6) is 0 Å². The maximum Gasteiger partial charge on any atom is 0.408 e. The summed E-state index contributed by atoms with van der Waals surface area (Å²) in [6.45, 7) is 5.39. The van der Waals surface area contributed by atoms with Gasteiger partial charge < -0.3 is 15.2 Å². The highest BCUT2D eigenvalue weighted by Crippen LogP contribution is 2.21. The van der Waals surface area contributed by atoms with Gasteiger partial charge in [0.05, 0.1) is 12.5 Å². The van der Waals surface area contributed by atoms with Crippen molar-refractivity contribution in [2.24, 2.45) is 5.92 Å². The number of hydrogen-bond acceptors (Lipinski definition) is 3. The highest BCUT2D eigenvalue weighted by atomic mass is 16.6. The quantitative estimate of drug-likeness (QED) is 0.740. The van der Waals surface area contributed by atoms with E-state index in [0.29, 0.717) is 6.42 Å². The molecule has 1 aliphatic carbocycles. The molecule has 0 aliphatic heterocycles. The molecule has 0 spiro atoms. The second kappa shape index (κ2) is 5.21. The SMILES string of the molecule is CC(C)(C)OC(=O)NC1C=CC(CC(=O)O)C1. The van der Waals surface area contributed by atoms with E-state index in [4.69, 9.17) is 9.84 Å². The topological polar surface area (TPSA) is 75.6 Å². The third-order valence-corrected chi connectivity index (χ3v) is 2.31. The highest BCUT2D eigenvalue weighted by Gasteiger charge is 2.24. The van der Waals surface area contributed by atoms with Crippen LogP contribution in [0, 0.1) is 5.92 Å². The molecule has 1 aliphatic rings. The third kappa shape index (κ3) is 5.38. The Morgan fingerprint density at radius 3 is 2.59 bits per heavy atom. The summed E-state index contributed by atoms with van der Waals surface area (Å²) in [5.74, 6) is -0.829. The smallest absolute Gasteiger partial charge is 0.408 e. The van der Waals surface area contributed by atoms with Crippen molar-refractivity contribution in [2.45, 2.75) is 45.3 Å². The van der Waals surface area contributed by atoms with E-state index in [1.165, 1.54) is 0 Å². The number of amides is 1. The first-order valence-corrected chi connectivity index (χ1v) is 5.66. The predicted molar refractivity (Wildman–Crippen MR) is 62.7 cm³/mol. The lowest BCUT2D eigenvalue weighted by Gasteiger charge is -2.21. The number of carboxylic acid groups (broad SMARTS) is 1. The minimum Gasteiger partial charge on any atom is -0.481 e. The number of nitrogens with one attached hydrogen (secondary N) is 1. The highest BCUT2D eigenvalue weighted by molar-refractivity contribution is 5.69. The molecular formula is C12H19NO4. The van der Waals surface area contributed by atoms with E-state index in [9.17, 15) is 9.59 Å². The van der Waals surface area contributed by atoms with E-state index in [2.05, 4.69) is 5.32 Å². The summed E-state index contributed by atoms with van der Waals surface area (Å²) in [5.41, 5.74) is -0.521. The molecule has 1 rings (SSSR count). The monoisotopic (exact) mass is 241 g/mol. The zero-order valence-electron chi connectivity index (χ0n) is 10.4. The molecule has 5 heteroatoms. The Bertz CT molecular complexity index is 330. The Labute approximate surface area is 101 Å². The number of alkyl carbamates (subject to hydrolysis) is 1. The van der Waals surface area contributed by atoms with Gasteiger partial charge in [-0.15, -0.1) is 0 Å². The summed E-state index contributed by atoms with van der Waals surface area (Å²) in [6.07, 6.45) is 3.89. The van der Waals surface area contributed by atoms with E-state index in [1.807, 2.05) is 12.2 Å². The predicted octanol–water partition coefficient (Wildman–Crippen LogP) is 1.93. The number of hydrogen-bond donors (Lipinski definition) is 2. The standard InChI is InChI=1S/C12H19NO4/c1-12(2,3)17-11(16)13-9-5-4-8(6-9)7-10(14)15/h4-5,8-9H,6-7H2,1-3H3,(H,13,16)(H,14,15). The molecule has 0 aromatic rings. The van der Waals surface area contributed by atoms with Gasteiger partial charge in [0.25, 0.3) is 0 Å². The van der Waals surface area contributed by atoms with Gasteiger partial charge in [-0.05, 0) is 33.1 Å². The molecule has 5 nitrogen and oxygen atoms in total. The lowest BCUT2D eigenvalue weighted by Crippen LogP contribution is -2.37. The van der Waals surface area contributed by atoms with Gasteiger partial charge in [-0.2, -0.15) is 0 Å². The molecule has 0 heterocycles. The fourth-order valence-corrected chi connectivity index (χ4v) is 1.72. The van der Waals surface area contributed by atoms with Crippen molar-refractivity contribution >= 4 is 12.1 Å². The largest absolute Gasteiger partial charge is 0.481 e. The van der Waals surface area contributed by atoms with Crippen molar-refractivity contribution in [1.82, 2.24) is 5.32 Å². The molecule has 0 aromatic heterocycles. The Hall–Kier alpha value is -1.52. The summed E-state index contributed by atoms with van der Waals surface area (Å²) in [5, 5.41) is 11.3. The normalized spacial score (nSPS) is 23.5. The van der Waals surface area contributed by atoms with Gasteiger partial charge in [-0.1, -0.05) is 12.2 Å². The maximum atomic E-state index is 11.5. The van der Waals surface area contributed by atoms with Crippen LogP contribution in [0.25, 0.3) is 0 Å². The lowest BCUT2D eigenvalue weighted by molar-refractivity contribution is -0.137. The summed E-state index contributed by atoms with van der Waals surface area (Å²) in [7, 11) is 0. The van der Waals surface area contributed by atoms with E-state index in [1.54, 1.807) is 20.8 Å². The van der Waals surface area contributed by atoms with E-state index < -0.39 is 17.7 Å². The molecular weight excluding hydrogens is 222 g/mol. The number of carboxylic acids is 1. The Morgan fingerprint density at radius 2 is 2.06 bits per heavy atom. The second-order valence-corrected chi connectivity index (χ2v) is 5.23. The number of rotatable bonds is 3. The number of allylic oxidation sites excluding steroid dienone is 1. The Morgan fingerprint density at radius 1 is 1.41 bits per heavy atom. The van der Waals surface area contributed by atoms with Gasteiger partial charge >= 0.3 is 12.1 Å². The summed E-state index contributed by atoms with van der Waals surface area (Å²) < 4.78 is 5.12. The van der Waals surface area contributed by atoms with Crippen LogP contribution >= 0.6 is 0 Å². The number of ether oxygens (including phenoxy) is 1. The summed E-state index contributed by atoms with van der Waals surface area (Å²) in [4.78, 5) is 22.0. The fraction of sp³-hybridized carbons (Fsp3) is 0.667. The van der Waals surface area contributed by atoms with Crippen LogP contribution < -0.4 is 5.32 Å². The number of carbonyl (C=O) groups excluding carboxylic acids is 1. The van der Waals surface area contributed by atoms with Gasteiger partial charge in [-0.3, -0.25) is 4.79 Å². The molecule has 2 unspecified atom stereocenters. The average molecular weight is 241 g/mol. The average Bonchev–Trinajstić information content (AvgIpc) is 2.46. The molecule has 0 aromatic carbocycles. The molecule has 2 atom stereocenters. The molecule has 1 amide bonds. The van der Waals surface area contributed by atoms with Crippen LogP contribution in [0.3, 0.4) is 0 Å². The molecule has 0 radical (unpaired) electrons. The van der Waals surface area contributed by atoms with Gasteiger partial charge in [0.15, 0.2) is 0 Å². The molecule has 0 saturated heterocycles. The maximum absolute atomic E-state index is 11.5. The zero-order valence-corrected chi connectivity index (χ0v) is 10.4. The first-order valence-electron chi connectivity index (χ1n) is 5.66. The third-order valence-electron chi connectivity index (χ3n) is 2.31. The van der Waals surface area contributed by atoms with Gasteiger partial charge in [-0.25, -0.2) is 4.79 Å². The summed E-state index contributed by atoms with van der Waals surface area (Å²) >= 11 is 0. The fourth-order valence-electron chi connectivity index (χ4n) is 1.72. The van der Waals surface area contributed by atoms with Crippen molar-refractivity contribution in [3.63, 3.8) is 0 Å². The second-order valence-electron chi connectivity index (χ2n) is 5.23. The van der Waals surface area contributed by atoms with Crippen LogP contribution in [-0.4, -0.2) is 28.8 Å². The molecule has 0 saturated carbocycles. The zero-order chi connectivity index (χ0) is 13.1. The van der Waals surface area contributed by atoms with Gasteiger partial charge in [0.1, 0.15) is 5.60 Å². The first-order chi connectivity index (χ1) is 7.76. The Balaban J connectivity index is 2.34. The molecule has 96 valence electrons. The number of carbonyl (C=O) groups is 2.